The highest BCUT2D eigenvalue weighted by molar-refractivity contribution is 7.19. The lowest BCUT2D eigenvalue weighted by Gasteiger charge is -2.05. The second kappa shape index (κ2) is 6.52. The van der Waals surface area contributed by atoms with Crippen molar-refractivity contribution in [3.8, 4) is 5.75 Å². The van der Waals surface area contributed by atoms with Crippen LogP contribution in [0.4, 0.5) is 4.79 Å². The number of rotatable bonds is 5. The molecule has 1 atom stereocenters. The number of ether oxygens (including phenoxy) is 2. The minimum absolute atomic E-state index is 0.376. The van der Waals surface area contributed by atoms with Gasteiger partial charge in [-0.2, -0.15) is 0 Å². The van der Waals surface area contributed by atoms with Gasteiger partial charge in [-0.25, -0.2) is 4.79 Å². The summed E-state index contributed by atoms with van der Waals surface area (Å²) in [5.74, 6) is 0.374. The van der Waals surface area contributed by atoms with E-state index in [2.05, 4.69) is 10.3 Å². The number of nitrogens with zero attached hydrogens (tertiary/aromatic N) is 1. The molecule has 2 amide bonds. The third-order valence-corrected chi connectivity index (χ3v) is 4.93. The van der Waals surface area contributed by atoms with Crippen LogP contribution in [0.15, 0.2) is 48.7 Å². The lowest BCUT2D eigenvalue weighted by atomic mass is 10.2. The van der Waals surface area contributed by atoms with E-state index in [0.717, 1.165) is 26.4 Å². The summed E-state index contributed by atoms with van der Waals surface area (Å²) in [6.45, 7) is 0.406. The van der Waals surface area contributed by atoms with Crippen molar-refractivity contribution < 1.29 is 19.1 Å². The van der Waals surface area contributed by atoms with Gasteiger partial charge in [0.2, 0.25) is 0 Å². The van der Waals surface area contributed by atoms with Crippen LogP contribution < -0.4 is 10.1 Å². The van der Waals surface area contributed by atoms with Gasteiger partial charge < -0.3 is 9.47 Å². The van der Waals surface area contributed by atoms with Crippen LogP contribution in [0.5, 0.6) is 5.75 Å². The SMILES string of the molecule is O=C1NC(=O)C(Cc2cc3ccc(OCc4ccccn4)cc3s2)O1. The van der Waals surface area contributed by atoms with Crippen LogP contribution in [-0.4, -0.2) is 23.1 Å². The summed E-state index contributed by atoms with van der Waals surface area (Å²) in [5.41, 5.74) is 0.864. The molecule has 25 heavy (non-hydrogen) atoms. The molecule has 0 aliphatic carbocycles. The summed E-state index contributed by atoms with van der Waals surface area (Å²) in [6, 6.07) is 13.6. The van der Waals surface area contributed by atoms with Crippen LogP contribution in [0.2, 0.25) is 0 Å². The highest BCUT2D eigenvalue weighted by Gasteiger charge is 2.32. The third kappa shape index (κ3) is 3.46. The van der Waals surface area contributed by atoms with E-state index in [0.29, 0.717) is 13.0 Å². The van der Waals surface area contributed by atoms with Crippen LogP contribution in [0, 0.1) is 0 Å². The molecular formula is C18H14N2O4S. The molecule has 1 N–H and O–H groups in total. The van der Waals surface area contributed by atoms with Gasteiger partial charge >= 0.3 is 6.09 Å². The van der Waals surface area contributed by atoms with E-state index in [9.17, 15) is 9.59 Å². The number of hydrogen-bond donors (Lipinski definition) is 1. The fraction of sp³-hybridized carbons (Fsp3) is 0.167. The zero-order chi connectivity index (χ0) is 17.2. The number of thiophene rings is 1. The monoisotopic (exact) mass is 354 g/mol. The lowest BCUT2D eigenvalue weighted by Crippen LogP contribution is -2.25. The highest BCUT2D eigenvalue weighted by Crippen LogP contribution is 2.30. The minimum atomic E-state index is -0.750. The number of aromatic nitrogens is 1. The number of alkyl carbamates (subject to hydrolysis) is 1. The Morgan fingerprint density at radius 2 is 2.12 bits per heavy atom. The summed E-state index contributed by atoms with van der Waals surface area (Å²) >= 11 is 1.56. The van der Waals surface area contributed by atoms with Crippen molar-refractivity contribution in [2.24, 2.45) is 0 Å². The molecule has 0 spiro atoms. The molecular weight excluding hydrogens is 340 g/mol. The number of hydrogen-bond acceptors (Lipinski definition) is 6. The predicted octanol–water partition coefficient (Wildman–Crippen LogP) is 3.05. The molecule has 1 unspecified atom stereocenters. The molecule has 2 aromatic heterocycles. The molecule has 6 nitrogen and oxygen atoms in total. The molecule has 3 aromatic rings. The van der Waals surface area contributed by atoms with Crippen molar-refractivity contribution in [3.63, 3.8) is 0 Å². The van der Waals surface area contributed by atoms with Gasteiger partial charge in [0.05, 0.1) is 5.69 Å². The maximum absolute atomic E-state index is 11.6. The number of cyclic esters (lactones) is 1. The van der Waals surface area contributed by atoms with Gasteiger partial charge in [-0.05, 0) is 41.8 Å². The second-order valence-corrected chi connectivity index (χ2v) is 6.78. The molecule has 0 radical (unpaired) electrons. The molecule has 1 aliphatic heterocycles. The Morgan fingerprint density at radius 1 is 1.20 bits per heavy atom. The lowest BCUT2D eigenvalue weighted by molar-refractivity contribution is -0.123. The summed E-state index contributed by atoms with van der Waals surface area (Å²) in [5, 5.41) is 3.21. The number of amides is 2. The molecule has 1 saturated heterocycles. The minimum Gasteiger partial charge on any atom is -0.487 e. The number of nitrogens with one attached hydrogen (secondary N) is 1. The number of pyridine rings is 1. The van der Waals surface area contributed by atoms with Crippen LogP contribution >= 0.6 is 11.3 Å². The first-order valence-corrected chi connectivity index (χ1v) is 8.56. The van der Waals surface area contributed by atoms with Crippen LogP contribution in [0.1, 0.15) is 10.6 Å². The highest BCUT2D eigenvalue weighted by atomic mass is 32.1. The first-order chi connectivity index (χ1) is 12.2. The fourth-order valence-electron chi connectivity index (χ4n) is 2.61. The molecule has 1 aromatic carbocycles. The van der Waals surface area contributed by atoms with Crippen LogP contribution in [0.25, 0.3) is 10.1 Å². The van der Waals surface area contributed by atoms with Gasteiger partial charge in [0.15, 0.2) is 6.10 Å². The summed E-state index contributed by atoms with van der Waals surface area (Å²) < 4.78 is 11.8. The van der Waals surface area contributed by atoms with Crippen molar-refractivity contribution in [1.29, 1.82) is 0 Å². The predicted molar refractivity (Wildman–Crippen MR) is 92.5 cm³/mol. The van der Waals surface area contributed by atoms with E-state index >= 15 is 0 Å². The fourth-order valence-corrected chi connectivity index (χ4v) is 3.73. The molecule has 0 saturated carbocycles. The smallest absolute Gasteiger partial charge is 0.414 e. The van der Waals surface area contributed by atoms with E-state index in [1.165, 1.54) is 0 Å². The quantitative estimate of drug-likeness (QED) is 0.762. The van der Waals surface area contributed by atoms with Gasteiger partial charge in [0.1, 0.15) is 12.4 Å². The van der Waals surface area contributed by atoms with Gasteiger partial charge in [-0.15, -0.1) is 11.3 Å². The Kier molecular flexibility index (Phi) is 4.07. The maximum atomic E-state index is 11.6. The topological polar surface area (TPSA) is 77.5 Å². The Balaban J connectivity index is 1.47. The summed E-state index contributed by atoms with van der Waals surface area (Å²) in [7, 11) is 0. The van der Waals surface area contributed by atoms with Crippen molar-refractivity contribution in [1.82, 2.24) is 10.3 Å². The van der Waals surface area contributed by atoms with Crippen molar-refractivity contribution in [3.05, 3.63) is 59.2 Å². The van der Waals surface area contributed by atoms with Crippen molar-refractivity contribution >= 4 is 33.4 Å². The van der Waals surface area contributed by atoms with Crippen molar-refractivity contribution in [2.45, 2.75) is 19.1 Å². The van der Waals surface area contributed by atoms with Crippen LogP contribution in [0.3, 0.4) is 0 Å². The molecule has 7 heteroatoms. The van der Waals surface area contributed by atoms with Crippen molar-refractivity contribution in [2.75, 3.05) is 0 Å². The Morgan fingerprint density at radius 3 is 2.88 bits per heavy atom. The molecule has 1 fully saturated rings. The first kappa shape index (κ1) is 15.6. The number of imide groups is 1. The number of carbonyl (C=O) groups is 2. The zero-order valence-electron chi connectivity index (χ0n) is 13.1. The summed E-state index contributed by atoms with van der Waals surface area (Å²) in [4.78, 5) is 27.9. The van der Waals surface area contributed by atoms with E-state index < -0.39 is 12.2 Å². The Hall–Kier alpha value is -2.93. The van der Waals surface area contributed by atoms with Gasteiger partial charge in [-0.1, -0.05) is 6.07 Å². The largest absolute Gasteiger partial charge is 0.487 e. The van der Waals surface area contributed by atoms with Gasteiger partial charge in [0.25, 0.3) is 5.91 Å². The average molecular weight is 354 g/mol. The number of benzene rings is 1. The van der Waals surface area contributed by atoms with E-state index in [1.54, 1.807) is 17.5 Å². The zero-order valence-corrected chi connectivity index (χ0v) is 13.9. The van der Waals surface area contributed by atoms with Gasteiger partial charge in [0, 0.05) is 22.2 Å². The average Bonchev–Trinajstić information content (AvgIpc) is 3.15. The second-order valence-electron chi connectivity index (χ2n) is 5.61. The number of carbonyl (C=O) groups excluding carboxylic acids is 2. The van der Waals surface area contributed by atoms with Crippen LogP contribution in [-0.2, 0) is 22.6 Å². The number of fused-ring (bicyclic) bond motifs is 1. The third-order valence-electron chi connectivity index (χ3n) is 3.81. The normalized spacial score (nSPS) is 16.7. The molecule has 1 aliphatic rings. The van der Waals surface area contributed by atoms with E-state index in [-0.39, 0.29) is 5.91 Å². The molecule has 0 bridgehead atoms. The molecule has 3 heterocycles. The van der Waals surface area contributed by atoms with Gasteiger partial charge in [-0.3, -0.25) is 15.1 Å². The maximum Gasteiger partial charge on any atom is 0.414 e. The molecule has 4 rings (SSSR count). The van der Waals surface area contributed by atoms with E-state index in [1.807, 2.05) is 42.5 Å². The molecule has 126 valence electrons. The Bertz CT molecular complexity index is 939. The Labute approximate surface area is 147 Å². The van der Waals surface area contributed by atoms with E-state index in [4.69, 9.17) is 9.47 Å². The standard InChI is InChI=1S/C18H14N2O4S/c21-17-15(24-18(22)20-17)9-14-7-11-4-5-13(8-16(11)25-14)23-10-12-3-1-2-6-19-12/h1-8,15H,9-10H2,(H,20,21,22). The first-order valence-electron chi connectivity index (χ1n) is 7.74. The summed E-state index contributed by atoms with van der Waals surface area (Å²) in [6.07, 6.45) is 0.683.